The van der Waals surface area contributed by atoms with Crippen LogP contribution >= 0.6 is 0 Å². The number of ether oxygens (including phenoxy) is 2. The summed E-state index contributed by atoms with van der Waals surface area (Å²) in [5.41, 5.74) is 0.621. The van der Waals surface area contributed by atoms with Gasteiger partial charge in [-0.15, -0.1) is 0 Å². The van der Waals surface area contributed by atoms with Gasteiger partial charge < -0.3 is 19.5 Å². The van der Waals surface area contributed by atoms with Crippen molar-refractivity contribution in [3.8, 4) is 11.5 Å². The normalized spacial score (nSPS) is 21.1. The Labute approximate surface area is 137 Å². The first-order valence-corrected chi connectivity index (χ1v) is 8.44. The molecule has 1 atom stereocenters. The van der Waals surface area contributed by atoms with E-state index in [9.17, 15) is 4.79 Å². The van der Waals surface area contributed by atoms with Gasteiger partial charge in [-0.05, 0) is 55.7 Å². The molecule has 1 unspecified atom stereocenters. The lowest BCUT2D eigenvalue weighted by atomic mass is 9.93. The lowest BCUT2D eigenvalue weighted by molar-refractivity contribution is 0.0659. The maximum absolute atomic E-state index is 12.8. The molecule has 1 N–H and O–H groups in total. The third-order valence-corrected chi connectivity index (χ3v) is 4.79. The van der Waals surface area contributed by atoms with Crippen LogP contribution < -0.4 is 9.47 Å². The van der Waals surface area contributed by atoms with Crippen molar-refractivity contribution in [1.29, 1.82) is 0 Å². The summed E-state index contributed by atoms with van der Waals surface area (Å²) < 4.78 is 10.7. The number of carbonyl (C=O) groups is 1. The fraction of sp³-hybridized carbons (Fsp3) is 0.611. The molecule has 1 amide bonds. The number of aliphatic hydroxyl groups is 1. The molecule has 0 bridgehead atoms. The topological polar surface area (TPSA) is 59.0 Å². The van der Waals surface area contributed by atoms with E-state index in [1.807, 2.05) is 4.90 Å². The first-order chi connectivity index (χ1) is 11.2. The number of benzene rings is 1. The number of rotatable bonds is 6. The van der Waals surface area contributed by atoms with Crippen LogP contribution in [0.3, 0.4) is 0 Å². The Kier molecular flexibility index (Phi) is 5.06. The maximum Gasteiger partial charge on any atom is 0.254 e. The highest BCUT2D eigenvalue weighted by atomic mass is 16.5. The Bertz CT molecular complexity index is 556. The molecule has 2 aliphatic rings. The minimum atomic E-state index is -0.0729. The number of hydrogen-bond donors (Lipinski definition) is 1. The van der Waals surface area contributed by atoms with E-state index in [-0.39, 0.29) is 19.1 Å². The van der Waals surface area contributed by atoms with Crippen LogP contribution in [0, 0.1) is 11.8 Å². The van der Waals surface area contributed by atoms with Crippen LogP contribution in [0.25, 0.3) is 0 Å². The van der Waals surface area contributed by atoms with E-state index in [1.54, 1.807) is 25.3 Å². The molecule has 0 spiro atoms. The number of amides is 1. The first-order valence-electron chi connectivity index (χ1n) is 8.44. The van der Waals surface area contributed by atoms with Gasteiger partial charge in [-0.1, -0.05) is 0 Å². The molecule has 23 heavy (non-hydrogen) atoms. The van der Waals surface area contributed by atoms with Crippen LogP contribution in [0.15, 0.2) is 18.2 Å². The predicted molar refractivity (Wildman–Crippen MR) is 86.9 cm³/mol. The summed E-state index contributed by atoms with van der Waals surface area (Å²) in [6.07, 6.45) is 5.00. The average Bonchev–Trinajstić information content (AvgIpc) is 3.44. The third kappa shape index (κ3) is 3.78. The van der Waals surface area contributed by atoms with Gasteiger partial charge in [-0.3, -0.25) is 4.79 Å². The Morgan fingerprint density at radius 2 is 2.09 bits per heavy atom. The quantitative estimate of drug-likeness (QED) is 0.874. The molecule has 1 aliphatic carbocycles. The average molecular weight is 319 g/mol. The molecule has 126 valence electrons. The summed E-state index contributed by atoms with van der Waals surface area (Å²) in [4.78, 5) is 14.8. The van der Waals surface area contributed by atoms with E-state index in [1.165, 1.54) is 19.3 Å². The van der Waals surface area contributed by atoms with Gasteiger partial charge in [-0.25, -0.2) is 0 Å². The van der Waals surface area contributed by atoms with E-state index in [0.717, 1.165) is 25.4 Å². The highest BCUT2D eigenvalue weighted by Gasteiger charge is 2.35. The van der Waals surface area contributed by atoms with Gasteiger partial charge in [-0.2, -0.15) is 0 Å². The molecule has 1 saturated carbocycles. The fourth-order valence-corrected chi connectivity index (χ4v) is 3.41. The molecular formula is C18H25NO4. The van der Waals surface area contributed by atoms with E-state index >= 15 is 0 Å². The van der Waals surface area contributed by atoms with Gasteiger partial charge in [0, 0.05) is 18.7 Å². The SMILES string of the molecule is COc1ccc(C(=O)N2CCCC(C3CC3)C2)cc1OCCO. The van der Waals surface area contributed by atoms with Crippen molar-refractivity contribution < 1.29 is 19.4 Å². The fourth-order valence-electron chi connectivity index (χ4n) is 3.41. The lowest BCUT2D eigenvalue weighted by Gasteiger charge is -2.33. The summed E-state index contributed by atoms with van der Waals surface area (Å²) in [6.45, 7) is 1.82. The van der Waals surface area contributed by atoms with Crippen molar-refractivity contribution in [2.24, 2.45) is 11.8 Å². The zero-order valence-corrected chi connectivity index (χ0v) is 13.7. The zero-order valence-electron chi connectivity index (χ0n) is 13.7. The van der Waals surface area contributed by atoms with Crippen molar-refractivity contribution in [3.63, 3.8) is 0 Å². The highest BCUT2D eigenvalue weighted by Crippen LogP contribution is 2.41. The first kappa shape index (κ1) is 16.1. The molecule has 1 heterocycles. The Morgan fingerprint density at radius 3 is 2.78 bits per heavy atom. The number of methoxy groups -OCH3 is 1. The van der Waals surface area contributed by atoms with Crippen LogP contribution in [-0.2, 0) is 0 Å². The minimum absolute atomic E-state index is 0.0619. The van der Waals surface area contributed by atoms with Crippen LogP contribution in [0.5, 0.6) is 11.5 Å². The number of hydrogen-bond acceptors (Lipinski definition) is 4. The Balaban J connectivity index is 1.72. The largest absolute Gasteiger partial charge is 0.493 e. The van der Waals surface area contributed by atoms with E-state index in [0.29, 0.717) is 23.0 Å². The zero-order chi connectivity index (χ0) is 16.2. The molecule has 1 aliphatic heterocycles. The van der Waals surface area contributed by atoms with E-state index in [4.69, 9.17) is 14.6 Å². The van der Waals surface area contributed by atoms with Gasteiger partial charge in [0.05, 0.1) is 13.7 Å². The summed E-state index contributed by atoms with van der Waals surface area (Å²) >= 11 is 0. The predicted octanol–water partition coefficient (Wildman–Crippen LogP) is 2.33. The second-order valence-corrected chi connectivity index (χ2v) is 6.43. The van der Waals surface area contributed by atoms with Crippen LogP contribution in [-0.4, -0.2) is 49.3 Å². The summed E-state index contributed by atoms with van der Waals surface area (Å²) in [6, 6.07) is 5.26. The summed E-state index contributed by atoms with van der Waals surface area (Å²) in [5.74, 6) is 2.65. The molecule has 1 aromatic rings. The van der Waals surface area contributed by atoms with Crippen LogP contribution in [0.1, 0.15) is 36.0 Å². The van der Waals surface area contributed by atoms with Crippen LogP contribution in [0.2, 0.25) is 0 Å². The molecule has 5 heteroatoms. The van der Waals surface area contributed by atoms with E-state index < -0.39 is 0 Å². The second-order valence-electron chi connectivity index (χ2n) is 6.43. The van der Waals surface area contributed by atoms with Gasteiger partial charge in [0.2, 0.25) is 0 Å². The van der Waals surface area contributed by atoms with E-state index in [2.05, 4.69) is 0 Å². The summed E-state index contributed by atoms with van der Waals surface area (Å²) in [5, 5.41) is 8.92. The third-order valence-electron chi connectivity index (χ3n) is 4.79. The molecule has 0 radical (unpaired) electrons. The number of carbonyl (C=O) groups excluding carboxylic acids is 1. The Morgan fingerprint density at radius 1 is 1.26 bits per heavy atom. The molecule has 2 fully saturated rings. The molecule has 0 aromatic heterocycles. The van der Waals surface area contributed by atoms with Crippen molar-refractivity contribution in [1.82, 2.24) is 4.90 Å². The standard InChI is InChI=1S/C18H25NO4/c1-22-16-7-6-14(11-17(16)23-10-9-20)18(21)19-8-2-3-15(12-19)13-4-5-13/h6-7,11,13,15,20H,2-5,8-10,12H2,1H3. The van der Waals surface area contributed by atoms with Crippen molar-refractivity contribution >= 4 is 5.91 Å². The summed E-state index contributed by atoms with van der Waals surface area (Å²) in [7, 11) is 1.56. The second kappa shape index (κ2) is 7.21. The van der Waals surface area contributed by atoms with Gasteiger partial charge in [0.15, 0.2) is 11.5 Å². The number of aliphatic hydroxyl groups excluding tert-OH is 1. The number of nitrogens with zero attached hydrogens (tertiary/aromatic N) is 1. The molecular weight excluding hydrogens is 294 g/mol. The van der Waals surface area contributed by atoms with Crippen molar-refractivity contribution in [2.45, 2.75) is 25.7 Å². The van der Waals surface area contributed by atoms with Crippen molar-refractivity contribution in [3.05, 3.63) is 23.8 Å². The number of likely N-dealkylation sites (tertiary alicyclic amines) is 1. The maximum atomic E-state index is 12.8. The van der Waals surface area contributed by atoms with Gasteiger partial charge in [0.1, 0.15) is 6.61 Å². The highest BCUT2D eigenvalue weighted by molar-refractivity contribution is 5.95. The molecule has 1 saturated heterocycles. The lowest BCUT2D eigenvalue weighted by Crippen LogP contribution is -2.40. The molecule has 5 nitrogen and oxygen atoms in total. The number of piperidine rings is 1. The van der Waals surface area contributed by atoms with Crippen molar-refractivity contribution in [2.75, 3.05) is 33.4 Å². The van der Waals surface area contributed by atoms with Gasteiger partial charge in [0.25, 0.3) is 5.91 Å². The monoisotopic (exact) mass is 319 g/mol. The smallest absolute Gasteiger partial charge is 0.254 e. The van der Waals surface area contributed by atoms with Crippen LogP contribution in [0.4, 0.5) is 0 Å². The molecule has 1 aromatic carbocycles. The Hall–Kier alpha value is -1.75. The van der Waals surface area contributed by atoms with Gasteiger partial charge >= 0.3 is 0 Å². The minimum Gasteiger partial charge on any atom is -0.493 e. The molecule has 3 rings (SSSR count).